The molecule has 1 aromatic carbocycles. The van der Waals surface area contributed by atoms with Gasteiger partial charge in [-0.25, -0.2) is 4.79 Å². The molecule has 0 aliphatic carbocycles. The lowest BCUT2D eigenvalue weighted by Gasteiger charge is -2.11. The van der Waals surface area contributed by atoms with Gasteiger partial charge in [0.15, 0.2) is 6.10 Å². The molecule has 2 atom stereocenters. The van der Waals surface area contributed by atoms with Gasteiger partial charge in [0.2, 0.25) is 0 Å². The van der Waals surface area contributed by atoms with E-state index in [1.807, 2.05) is 0 Å². The van der Waals surface area contributed by atoms with Gasteiger partial charge in [-0.1, -0.05) is 0 Å². The minimum atomic E-state index is -1.00. The van der Waals surface area contributed by atoms with E-state index in [0.717, 1.165) is 5.56 Å². The van der Waals surface area contributed by atoms with E-state index in [1.54, 1.807) is 18.2 Å². The van der Waals surface area contributed by atoms with Gasteiger partial charge < -0.3 is 20.3 Å². The van der Waals surface area contributed by atoms with E-state index in [1.165, 1.54) is 6.92 Å². The predicted molar refractivity (Wildman–Crippen MR) is 56.6 cm³/mol. The highest BCUT2D eigenvalue weighted by Crippen LogP contribution is 2.34. The smallest absolute Gasteiger partial charge is 0.344 e. The van der Waals surface area contributed by atoms with Crippen LogP contribution in [0.2, 0.25) is 0 Å². The SMILES string of the molecule is CC(Oc1ccc2c(c1)OCC2N)C(=O)O. The molecule has 0 saturated carbocycles. The highest BCUT2D eigenvalue weighted by atomic mass is 16.5. The Bertz CT molecular complexity index is 418. The second-order valence-electron chi connectivity index (χ2n) is 3.72. The van der Waals surface area contributed by atoms with Crippen LogP contribution in [0.15, 0.2) is 18.2 Å². The van der Waals surface area contributed by atoms with Crippen molar-refractivity contribution in [3.63, 3.8) is 0 Å². The van der Waals surface area contributed by atoms with E-state index < -0.39 is 12.1 Å². The summed E-state index contributed by atoms with van der Waals surface area (Å²) in [6.45, 7) is 1.93. The van der Waals surface area contributed by atoms with Crippen LogP contribution >= 0.6 is 0 Å². The van der Waals surface area contributed by atoms with Gasteiger partial charge in [0.1, 0.15) is 18.1 Å². The van der Waals surface area contributed by atoms with Crippen molar-refractivity contribution in [1.82, 2.24) is 0 Å². The molecule has 0 aromatic heterocycles. The topological polar surface area (TPSA) is 81.8 Å². The molecule has 0 saturated heterocycles. The van der Waals surface area contributed by atoms with E-state index >= 15 is 0 Å². The molecule has 86 valence electrons. The van der Waals surface area contributed by atoms with Crippen molar-refractivity contribution in [2.24, 2.45) is 5.73 Å². The Morgan fingerprint density at radius 2 is 2.44 bits per heavy atom. The molecule has 0 spiro atoms. The first-order chi connectivity index (χ1) is 7.58. The fourth-order valence-electron chi connectivity index (χ4n) is 1.54. The van der Waals surface area contributed by atoms with Crippen molar-refractivity contribution in [2.45, 2.75) is 19.1 Å². The van der Waals surface area contributed by atoms with Crippen molar-refractivity contribution in [1.29, 1.82) is 0 Å². The molecule has 5 heteroatoms. The standard InChI is InChI=1S/C11H13NO4/c1-6(11(13)14)16-7-2-3-8-9(12)5-15-10(8)4-7/h2-4,6,9H,5,12H2,1H3,(H,13,14). The molecule has 0 fully saturated rings. The number of carbonyl (C=O) groups is 1. The van der Waals surface area contributed by atoms with Crippen LogP contribution in [0.1, 0.15) is 18.5 Å². The van der Waals surface area contributed by atoms with Crippen LogP contribution in [0, 0.1) is 0 Å². The number of hydrogen-bond acceptors (Lipinski definition) is 4. The van der Waals surface area contributed by atoms with E-state index in [4.69, 9.17) is 20.3 Å². The first-order valence-electron chi connectivity index (χ1n) is 4.99. The quantitative estimate of drug-likeness (QED) is 0.796. The Kier molecular flexibility index (Phi) is 2.70. The normalized spacial score (nSPS) is 19.8. The van der Waals surface area contributed by atoms with Gasteiger partial charge in [-0.3, -0.25) is 0 Å². The summed E-state index contributed by atoms with van der Waals surface area (Å²) in [6, 6.07) is 5.06. The Hall–Kier alpha value is -1.75. The second-order valence-corrected chi connectivity index (χ2v) is 3.72. The summed E-state index contributed by atoms with van der Waals surface area (Å²) in [6.07, 6.45) is -0.881. The number of benzene rings is 1. The summed E-state index contributed by atoms with van der Waals surface area (Å²) in [5.41, 5.74) is 6.71. The summed E-state index contributed by atoms with van der Waals surface area (Å²) in [7, 11) is 0. The Balaban J connectivity index is 2.16. The summed E-state index contributed by atoms with van der Waals surface area (Å²) in [4.78, 5) is 10.6. The zero-order valence-corrected chi connectivity index (χ0v) is 8.84. The van der Waals surface area contributed by atoms with Gasteiger partial charge in [0.05, 0.1) is 6.04 Å². The molecule has 0 radical (unpaired) electrons. The molecular weight excluding hydrogens is 210 g/mol. The predicted octanol–water partition coefficient (Wildman–Crippen LogP) is 0.931. The molecule has 5 nitrogen and oxygen atoms in total. The molecule has 0 amide bonds. The lowest BCUT2D eigenvalue weighted by molar-refractivity contribution is -0.144. The maximum atomic E-state index is 10.6. The summed E-state index contributed by atoms with van der Waals surface area (Å²) >= 11 is 0. The largest absolute Gasteiger partial charge is 0.491 e. The van der Waals surface area contributed by atoms with Crippen LogP contribution < -0.4 is 15.2 Å². The number of fused-ring (bicyclic) bond motifs is 1. The zero-order chi connectivity index (χ0) is 11.7. The molecule has 16 heavy (non-hydrogen) atoms. The minimum Gasteiger partial charge on any atom is -0.491 e. The summed E-state index contributed by atoms with van der Waals surface area (Å²) < 4.78 is 10.6. The van der Waals surface area contributed by atoms with Gasteiger partial charge in [0, 0.05) is 11.6 Å². The van der Waals surface area contributed by atoms with Gasteiger partial charge in [-0.15, -0.1) is 0 Å². The molecule has 0 bridgehead atoms. The van der Waals surface area contributed by atoms with Crippen molar-refractivity contribution in [3.8, 4) is 11.5 Å². The minimum absolute atomic E-state index is 0.110. The third-order valence-corrected chi connectivity index (χ3v) is 2.46. The number of nitrogens with two attached hydrogens (primary N) is 1. The lowest BCUT2D eigenvalue weighted by Crippen LogP contribution is -2.22. The number of rotatable bonds is 3. The number of ether oxygens (including phenoxy) is 2. The summed E-state index contributed by atoms with van der Waals surface area (Å²) in [5.74, 6) is 0.142. The monoisotopic (exact) mass is 223 g/mol. The lowest BCUT2D eigenvalue weighted by atomic mass is 10.1. The molecule has 2 unspecified atom stereocenters. The molecule has 3 N–H and O–H groups in total. The Morgan fingerprint density at radius 3 is 3.12 bits per heavy atom. The Labute approximate surface area is 92.8 Å². The first kappa shape index (κ1) is 10.8. The fraction of sp³-hybridized carbons (Fsp3) is 0.364. The van der Waals surface area contributed by atoms with Gasteiger partial charge >= 0.3 is 5.97 Å². The van der Waals surface area contributed by atoms with Crippen molar-refractivity contribution < 1.29 is 19.4 Å². The summed E-state index contributed by atoms with van der Waals surface area (Å²) in [5, 5.41) is 8.70. The van der Waals surface area contributed by atoms with E-state index in [0.29, 0.717) is 18.1 Å². The average Bonchev–Trinajstić information content (AvgIpc) is 2.60. The molecule has 1 aliphatic rings. The zero-order valence-electron chi connectivity index (χ0n) is 8.84. The number of aliphatic carboxylic acids is 1. The highest BCUT2D eigenvalue weighted by Gasteiger charge is 2.21. The van der Waals surface area contributed by atoms with E-state index in [9.17, 15) is 4.79 Å². The van der Waals surface area contributed by atoms with Crippen LogP contribution in [0.4, 0.5) is 0 Å². The maximum Gasteiger partial charge on any atom is 0.344 e. The van der Waals surface area contributed by atoms with Crippen molar-refractivity contribution in [3.05, 3.63) is 23.8 Å². The van der Waals surface area contributed by atoms with Crippen LogP contribution in [-0.4, -0.2) is 23.8 Å². The Morgan fingerprint density at radius 1 is 1.69 bits per heavy atom. The number of carboxylic acids is 1. The molecular formula is C11H13NO4. The van der Waals surface area contributed by atoms with Crippen LogP contribution in [-0.2, 0) is 4.79 Å². The van der Waals surface area contributed by atoms with Gasteiger partial charge in [0.25, 0.3) is 0 Å². The van der Waals surface area contributed by atoms with E-state index in [2.05, 4.69) is 0 Å². The van der Waals surface area contributed by atoms with E-state index in [-0.39, 0.29) is 6.04 Å². The van der Waals surface area contributed by atoms with Crippen molar-refractivity contribution in [2.75, 3.05) is 6.61 Å². The van der Waals surface area contributed by atoms with Gasteiger partial charge in [-0.05, 0) is 19.1 Å². The number of hydrogen-bond donors (Lipinski definition) is 2. The fourth-order valence-corrected chi connectivity index (χ4v) is 1.54. The van der Waals surface area contributed by atoms with Gasteiger partial charge in [-0.2, -0.15) is 0 Å². The molecule has 1 aliphatic heterocycles. The van der Waals surface area contributed by atoms with Crippen LogP contribution in [0.5, 0.6) is 11.5 Å². The first-order valence-corrected chi connectivity index (χ1v) is 4.99. The third kappa shape index (κ3) is 1.94. The van der Waals surface area contributed by atoms with Crippen LogP contribution in [0.3, 0.4) is 0 Å². The highest BCUT2D eigenvalue weighted by molar-refractivity contribution is 5.72. The van der Waals surface area contributed by atoms with Crippen molar-refractivity contribution >= 4 is 5.97 Å². The molecule has 2 rings (SSSR count). The molecule has 1 heterocycles. The second kappa shape index (κ2) is 4.02. The molecule has 1 aromatic rings. The number of carboxylic acid groups (broad SMARTS) is 1. The van der Waals surface area contributed by atoms with Crippen LogP contribution in [0.25, 0.3) is 0 Å². The maximum absolute atomic E-state index is 10.6. The third-order valence-electron chi connectivity index (χ3n) is 2.46. The average molecular weight is 223 g/mol.